The predicted molar refractivity (Wildman–Crippen MR) is 80.7 cm³/mol. The van der Waals surface area contributed by atoms with Gasteiger partial charge in [0.25, 0.3) is 0 Å². The van der Waals surface area contributed by atoms with Crippen LogP contribution < -0.4 is 5.32 Å². The summed E-state index contributed by atoms with van der Waals surface area (Å²) >= 11 is 0. The number of nitrogens with one attached hydrogen (secondary N) is 1. The van der Waals surface area contributed by atoms with E-state index in [4.69, 9.17) is 4.74 Å². The third-order valence-electron chi connectivity index (χ3n) is 3.20. The molecule has 2 N–H and O–H groups in total. The predicted octanol–water partition coefficient (Wildman–Crippen LogP) is 1.36. The Hall–Kier alpha value is -0.910. The first-order valence-electron chi connectivity index (χ1n) is 7.45. The molecule has 0 aliphatic heterocycles. The van der Waals surface area contributed by atoms with E-state index in [0.29, 0.717) is 19.1 Å². The Morgan fingerprint density at radius 1 is 1.40 bits per heavy atom. The van der Waals surface area contributed by atoms with Crippen LogP contribution in [0.25, 0.3) is 0 Å². The molecular weight excluding hydrogens is 254 g/mol. The fraction of sp³-hybridized carbons (Fsp3) is 0.800. The van der Waals surface area contributed by atoms with Gasteiger partial charge >= 0.3 is 0 Å². The molecule has 0 spiro atoms. The molecule has 1 rings (SSSR count). The van der Waals surface area contributed by atoms with Gasteiger partial charge in [-0.3, -0.25) is 0 Å². The molecule has 2 atom stereocenters. The molecule has 0 aliphatic carbocycles. The first kappa shape index (κ1) is 17.1. The number of ether oxygens (including phenoxy) is 1. The fourth-order valence-corrected chi connectivity index (χ4v) is 2.17. The van der Waals surface area contributed by atoms with Crippen molar-refractivity contribution in [3.05, 3.63) is 18.2 Å². The molecular formula is C15H29N3O2. The summed E-state index contributed by atoms with van der Waals surface area (Å²) < 4.78 is 7.64. The van der Waals surface area contributed by atoms with E-state index in [1.807, 2.05) is 17.8 Å². The normalized spacial score (nSPS) is 14.7. The molecule has 0 fully saturated rings. The lowest BCUT2D eigenvalue weighted by Crippen LogP contribution is -2.33. The summed E-state index contributed by atoms with van der Waals surface area (Å²) in [6, 6.07) is 0. The molecule has 0 aliphatic rings. The Morgan fingerprint density at radius 3 is 2.75 bits per heavy atom. The molecule has 0 saturated carbocycles. The maximum atomic E-state index is 9.84. The minimum absolute atomic E-state index is 0.206. The van der Waals surface area contributed by atoms with E-state index in [1.54, 1.807) is 6.20 Å². The SMILES string of the molecule is CC(C)CC(C)OCC(O)CNCCc1nccn1C. The van der Waals surface area contributed by atoms with Gasteiger partial charge in [-0.05, 0) is 19.3 Å². The zero-order chi connectivity index (χ0) is 15.0. The third-order valence-corrected chi connectivity index (χ3v) is 3.20. The highest BCUT2D eigenvalue weighted by molar-refractivity contribution is 4.91. The molecule has 0 aromatic carbocycles. The van der Waals surface area contributed by atoms with Crippen molar-refractivity contribution in [1.82, 2.24) is 14.9 Å². The highest BCUT2D eigenvalue weighted by Gasteiger charge is 2.09. The third kappa shape index (κ3) is 7.03. The van der Waals surface area contributed by atoms with Crippen molar-refractivity contribution in [2.45, 2.75) is 45.8 Å². The molecule has 0 radical (unpaired) electrons. The van der Waals surface area contributed by atoms with Gasteiger partial charge in [0.05, 0.1) is 18.8 Å². The fourth-order valence-electron chi connectivity index (χ4n) is 2.17. The van der Waals surface area contributed by atoms with Crippen LogP contribution in [0.1, 0.15) is 33.0 Å². The van der Waals surface area contributed by atoms with Gasteiger partial charge in [0, 0.05) is 39.0 Å². The molecule has 1 aromatic heterocycles. The molecule has 0 saturated heterocycles. The summed E-state index contributed by atoms with van der Waals surface area (Å²) in [5.74, 6) is 1.67. The molecule has 2 unspecified atom stereocenters. The Balaban J connectivity index is 2.05. The minimum atomic E-state index is -0.453. The number of aliphatic hydroxyl groups is 1. The largest absolute Gasteiger partial charge is 0.389 e. The summed E-state index contributed by atoms with van der Waals surface area (Å²) in [4.78, 5) is 4.26. The van der Waals surface area contributed by atoms with Crippen LogP contribution in [0.3, 0.4) is 0 Å². The number of hydrogen-bond acceptors (Lipinski definition) is 4. The van der Waals surface area contributed by atoms with Crippen molar-refractivity contribution < 1.29 is 9.84 Å². The van der Waals surface area contributed by atoms with Gasteiger partial charge in [-0.1, -0.05) is 13.8 Å². The van der Waals surface area contributed by atoms with Gasteiger partial charge in [-0.15, -0.1) is 0 Å². The van der Waals surface area contributed by atoms with Crippen LogP contribution in [0.2, 0.25) is 0 Å². The molecule has 20 heavy (non-hydrogen) atoms. The highest BCUT2D eigenvalue weighted by Crippen LogP contribution is 2.07. The number of hydrogen-bond donors (Lipinski definition) is 2. The lowest BCUT2D eigenvalue weighted by atomic mass is 10.1. The van der Waals surface area contributed by atoms with E-state index in [0.717, 1.165) is 25.2 Å². The molecule has 0 amide bonds. The van der Waals surface area contributed by atoms with Crippen molar-refractivity contribution in [3.63, 3.8) is 0 Å². The maximum Gasteiger partial charge on any atom is 0.109 e. The van der Waals surface area contributed by atoms with Gasteiger partial charge < -0.3 is 19.7 Å². The molecule has 116 valence electrons. The maximum absolute atomic E-state index is 9.84. The lowest BCUT2D eigenvalue weighted by Gasteiger charge is -2.18. The average Bonchev–Trinajstić information content (AvgIpc) is 2.77. The Bertz CT molecular complexity index is 366. The van der Waals surface area contributed by atoms with E-state index in [-0.39, 0.29) is 6.10 Å². The molecule has 1 heterocycles. The van der Waals surface area contributed by atoms with Crippen LogP contribution in [0.15, 0.2) is 12.4 Å². The molecule has 5 heteroatoms. The Morgan fingerprint density at radius 2 is 2.15 bits per heavy atom. The van der Waals surface area contributed by atoms with E-state index in [1.165, 1.54) is 0 Å². The Labute approximate surface area is 122 Å². The first-order chi connectivity index (χ1) is 9.49. The standard InChI is InChI=1S/C15H29N3O2/c1-12(2)9-13(3)20-11-14(19)10-16-6-5-15-17-7-8-18(15)4/h7-8,12-14,16,19H,5-6,9-11H2,1-4H3. The van der Waals surface area contributed by atoms with Crippen molar-refractivity contribution in [2.75, 3.05) is 19.7 Å². The number of aromatic nitrogens is 2. The summed E-state index contributed by atoms with van der Waals surface area (Å²) in [6.07, 6.45) is 5.38. The summed E-state index contributed by atoms with van der Waals surface area (Å²) in [6.45, 7) is 8.16. The topological polar surface area (TPSA) is 59.3 Å². The van der Waals surface area contributed by atoms with Gasteiger partial charge in [0.2, 0.25) is 0 Å². The highest BCUT2D eigenvalue weighted by atomic mass is 16.5. The van der Waals surface area contributed by atoms with Gasteiger partial charge in [-0.2, -0.15) is 0 Å². The van der Waals surface area contributed by atoms with E-state index < -0.39 is 6.10 Å². The van der Waals surface area contributed by atoms with Crippen LogP contribution in [-0.2, 0) is 18.2 Å². The second-order valence-electron chi connectivity index (χ2n) is 5.84. The van der Waals surface area contributed by atoms with Crippen molar-refractivity contribution in [1.29, 1.82) is 0 Å². The van der Waals surface area contributed by atoms with E-state index in [2.05, 4.69) is 31.1 Å². The zero-order valence-electron chi connectivity index (χ0n) is 13.2. The minimum Gasteiger partial charge on any atom is -0.389 e. The van der Waals surface area contributed by atoms with E-state index >= 15 is 0 Å². The summed E-state index contributed by atoms with van der Waals surface area (Å²) in [5.41, 5.74) is 0. The zero-order valence-corrected chi connectivity index (χ0v) is 13.2. The van der Waals surface area contributed by atoms with Crippen LogP contribution >= 0.6 is 0 Å². The van der Waals surface area contributed by atoms with Gasteiger partial charge in [0.15, 0.2) is 0 Å². The van der Waals surface area contributed by atoms with Crippen LogP contribution in [-0.4, -0.2) is 46.6 Å². The monoisotopic (exact) mass is 283 g/mol. The number of aryl methyl sites for hydroxylation is 1. The Kier molecular flexibility index (Phi) is 7.80. The van der Waals surface area contributed by atoms with Crippen molar-refractivity contribution in [3.8, 4) is 0 Å². The average molecular weight is 283 g/mol. The van der Waals surface area contributed by atoms with Crippen molar-refractivity contribution >= 4 is 0 Å². The molecule has 1 aromatic rings. The van der Waals surface area contributed by atoms with E-state index in [9.17, 15) is 5.11 Å². The smallest absolute Gasteiger partial charge is 0.109 e. The van der Waals surface area contributed by atoms with Crippen LogP contribution in [0.4, 0.5) is 0 Å². The van der Waals surface area contributed by atoms with Crippen LogP contribution in [0.5, 0.6) is 0 Å². The summed E-state index contributed by atoms with van der Waals surface area (Å²) in [7, 11) is 1.99. The van der Waals surface area contributed by atoms with Crippen molar-refractivity contribution in [2.24, 2.45) is 13.0 Å². The van der Waals surface area contributed by atoms with Crippen LogP contribution in [0, 0.1) is 5.92 Å². The number of imidazole rings is 1. The number of nitrogens with zero attached hydrogens (tertiary/aromatic N) is 2. The quantitative estimate of drug-likeness (QED) is 0.637. The second-order valence-corrected chi connectivity index (χ2v) is 5.84. The lowest BCUT2D eigenvalue weighted by molar-refractivity contribution is -0.00840. The second kappa shape index (κ2) is 9.10. The number of rotatable bonds is 10. The number of aliphatic hydroxyl groups excluding tert-OH is 1. The summed E-state index contributed by atoms with van der Waals surface area (Å²) in [5, 5.41) is 13.1. The van der Waals surface area contributed by atoms with Gasteiger partial charge in [-0.25, -0.2) is 4.98 Å². The molecule has 0 bridgehead atoms. The molecule has 5 nitrogen and oxygen atoms in total. The first-order valence-corrected chi connectivity index (χ1v) is 7.45. The van der Waals surface area contributed by atoms with Gasteiger partial charge in [0.1, 0.15) is 5.82 Å².